The Labute approximate surface area is 194 Å². The molecule has 0 aromatic heterocycles. The predicted molar refractivity (Wildman–Crippen MR) is 112 cm³/mol. The molecule has 0 unspecified atom stereocenters. The molecule has 4 amide bonds. The number of carbonyl (C=O) groups excluding carboxylic acids is 5. The first kappa shape index (κ1) is 30.8. The van der Waals surface area contributed by atoms with Gasteiger partial charge in [0, 0.05) is 7.05 Å². The molecule has 11 nitrogen and oxygen atoms in total. The van der Waals surface area contributed by atoms with Crippen LogP contribution in [0.15, 0.2) is 0 Å². The Hall–Kier alpha value is -3.19. The van der Waals surface area contributed by atoms with Gasteiger partial charge in [0.05, 0.1) is 12.5 Å². The van der Waals surface area contributed by atoms with E-state index in [0.29, 0.717) is 0 Å². The number of Topliss-reactive ketones (excluding diaryl/α,β-unsaturated/α-hetero) is 1. The summed E-state index contributed by atoms with van der Waals surface area (Å²) in [6, 6.07) is -4.33. The Morgan fingerprint density at radius 3 is 1.53 bits per heavy atom. The van der Waals surface area contributed by atoms with Gasteiger partial charge in [-0.25, -0.2) is 0 Å². The van der Waals surface area contributed by atoms with Gasteiger partial charge in [-0.2, -0.15) is 13.2 Å². The molecule has 0 spiro atoms. The molecular formula is C20H31F3N4O7. The molecule has 0 aromatic carbocycles. The van der Waals surface area contributed by atoms with Crippen molar-refractivity contribution in [3.8, 4) is 0 Å². The summed E-state index contributed by atoms with van der Waals surface area (Å²) in [4.78, 5) is 72.2. The number of carboxylic acid groups (broad SMARTS) is 1. The molecule has 0 heterocycles. The number of alkyl halides is 3. The van der Waals surface area contributed by atoms with E-state index in [4.69, 9.17) is 5.11 Å². The fourth-order valence-electron chi connectivity index (χ4n) is 2.83. The van der Waals surface area contributed by atoms with Gasteiger partial charge in [0.15, 0.2) is 0 Å². The maximum atomic E-state index is 12.8. The maximum Gasteiger partial charge on any atom is 0.452 e. The molecule has 0 bridgehead atoms. The van der Waals surface area contributed by atoms with Crippen molar-refractivity contribution in [1.29, 1.82) is 0 Å². The number of carbonyl (C=O) groups is 6. The van der Waals surface area contributed by atoms with Crippen LogP contribution in [0.3, 0.4) is 0 Å². The van der Waals surface area contributed by atoms with E-state index in [1.165, 1.54) is 20.9 Å². The molecule has 34 heavy (non-hydrogen) atoms. The van der Waals surface area contributed by atoms with Gasteiger partial charge in [-0.3, -0.25) is 28.8 Å². The van der Waals surface area contributed by atoms with Crippen molar-refractivity contribution in [1.82, 2.24) is 21.3 Å². The normalized spacial score (nSPS) is 15.0. The Kier molecular flexibility index (Phi) is 11.7. The average molecular weight is 496 g/mol. The lowest BCUT2D eigenvalue weighted by atomic mass is 9.97. The largest absolute Gasteiger partial charge is 0.481 e. The number of halogens is 3. The minimum atomic E-state index is -5.25. The minimum Gasteiger partial charge on any atom is -0.481 e. The molecule has 5 N–H and O–H groups in total. The summed E-state index contributed by atoms with van der Waals surface area (Å²) in [7, 11) is 1.37. The number of rotatable bonds is 12. The minimum absolute atomic E-state index is 0.328. The average Bonchev–Trinajstić information content (AvgIpc) is 2.70. The Morgan fingerprint density at radius 1 is 0.735 bits per heavy atom. The highest BCUT2D eigenvalue weighted by Crippen LogP contribution is 2.18. The molecule has 4 atom stereocenters. The van der Waals surface area contributed by atoms with Crippen LogP contribution in [0.25, 0.3) is 0 Å². The number of carboxylic acids is 1. The van der Waals surface area contributed by atoms with E-state index in [-0.39, 0.29) is 5.92 Å². The number of nitrogens with one attached hydrogen (secondary N) is 4. The predicted octanol–water partition coefficient (Wildman–Crippen LogP) is -0.259. The molecule has 14 heteroatoms. The maximum absolute atomic E-state index is 12.8. The summed E-state index contributed by atoms with van der Waals surface area (Å²) in [6.07, 6.45) is -6.36. The van der Waals surface area contributed by atoms with Gasteiger partial charge >= 0.3 is 12.1 Å². The van der Waals surface area contributed by atoms with Crippen molar-refractivity contribution >= 4 is 35.4 Å². The van der Waals surface area contributed by atoms with Crippen molar-refractivity contribution in [3.63, 3.8) is 0 Å². The highest BCUT2D eigenvalue weighted by Gasteiger charge is 2.43. The number of amides is 4. The van der Waals surface area contributed by atoms with Gasteiger partial charge in [0.25, 0.3) is 5.78 Å². The van der Waals surface area contributed by atoms with Gasteiger partial charge in [-0.15, -0.1) is 0 Å². The number of ketones is 1. The Bertz CT molecular complexity index is 800. The molecular weight excluding hydrogens is 465 g/mol. The topological polar surface area (TPSA) is 171 Å². The van der Waals surface area contributed by atoms with Crippen molar-refractivity contribution in [2.24, 2.45) is 17.8 Å². The summed E-state index contributed by atoms with van der Waals surface area (Å²) >= 11 is 0. The Balaban J connectivity index is 5.68. The van der Waals surface area contributed by atoms with E-state index in [2.05, 4.69) is 16.0 Å². The number of hydrogen-bond acceptors (Lipinski definition) is 6. The van der Waals surface area contributed by atoms with Crippen LogP contribution in [0.1, 0.15) is 41.0 Å². The molecule has 0 rings (SSSR count). The molecule has 194 valence electrons. The first-order valence-corrected chi connectivity index (χ1v) is 10.4. The third kappa shape index (κ3) is 9.35. The van der Waals surface area contributed by atoms with Crippen molar-refractivity contribution in [2.45, 2.75) is 65.3 Å². The lowest BCUT2D eigenvalue weighted by molar-refractivity contribution is -0.173. The molecule has 0 aliphatic rings. The van der Waals surface area contributed by atoms with Gasteiger partial charge in [0.2, 0.25) is 23.6 Å². The molecule has 0 fully saturated rings. The van der Waals surface area contributed by atoms with Gasteiger partial charge < -0.3 is 26.4 Å². The standard InChI is InChI=1S/C20H31F3N4O7/c1-8(2)13(18(33)24-6)27-19(34)14(9(3)4)26-17(32)11(7-12(28)29)16(31)25-10(5)15(30)20(21,22)23/h8-11,13-14H,7H2,1-6H3,(H,24,33)(H,25,31)(H,26,32)(H,27,34)(H,28,29)/t10-,11-,13-,14-/m0/s1. The smallest absolute Gasteiger partial charge is 0.452 e. The van der Waals surface area contributed by atoms with Crippen LogP contribution in [-0.4, -0.2) is 71.8 Å². The monoisotopic (exact) mass is 496 g/mol. The van der Waals surface area contributed by atoms with Crippen molar-refractivity contribution in [2.75, 3.05) is 7.05 Å². The first-order valence-electron chi connectivity index (χ1n) is 10.4. The van der Waals surface area contributed by atoms with Crippen molar-refractivity contribution < 1.29 is 47.0 Å². The van der Waals surface area contributed by atoms with Crippen LogP contribution in [0, 0.1) is 17.8 Å². The van der Waals surface area contributed by atoms with E-state index in [1.807, 2.05) is 0 Å². The summed E-state index contributed by atoms with van der Waals surface area (Å²) in [6.45, 7) is 7.13. The lowest BCUT2D eigenvalue weighted by Crippen LogP contribution is -2.58. The van der Waals surface area contributed by atoms with Crippen molar-refractivity contribution in [3.05, 3.63) is 0 Å². The van der Waals surface area contributed by atoms with Crippen LogP contribution in [0.5, 0.6) is 0 Å². The van der Waals surface area contributed by atoms with Gasteiger partial charge in [0.1, 0.15) is 18.0 Å². The third-order valence-corrected chi connectivity index (χ3v) is 4.78. The number of hydrogen-bond donors (Lipinski definition) is 5. The quantitative estimate of drug-likeness (QED) is 0.232. The summed E-state index contributed by atoms with van der Waals surface area (Å²) in [5.41, 5.74) is 0. The number of likely N-dealkylation sites (N-methyl/N-ethyl adjacent to an activating group) is 1. The highest BCUT2D eigenvalue weighted by atomic mass is 19.4. The molecule has 0 aliphatic heterocycles. The van der Waals surface area contributed by atoms with Crippen LogP contribution in [-0.2, 0) is 28.8 Å². The van der Waals surface area contributed by atoms with Crippen LogP contribution >= 0.6 is 0 Å². The van der Waals surface area contributed by atoms with E-state index in [9.17, 15) is 41.9 Å². The third-order valence-electron chi connectivity index (χ3n) is 4.78. The zero-order chi connectivity index (χ0) is 27.0. The summed E-state index contributed by atoms with van der Waals surface area (Å²) in [5, 5.41) is 17.8. The fourth-order valence-corrected chi connectivity index (χ4v) is 2.83. The summed E-state index contributed by atoms with van der Waals surface area (Å²) in [5.74, 6) is -10.8. The molecule has 0 radical (unpaired) electrons. The first-order chi connectivity index (χ1) is 15.4. The molecule has 0 saturated carbocycles. The molecule has 0 aromatic rings. The number of aliphatic carboxylic acids is 1. The highest BCUT2D eigenvalue weighted by molar-refractivity contribution is 6.05. The van der Waals surface area contributed by atoms with E-state index in [0.717, 1.165) is 6.92 Å². The zero-order valence-electron chi connectivity index (χ0n) is 19.7. The second-order valence-electron chi connectivity index (χ2n) is 8.32. The second-order valence-corrected chi connectivity index (χ2v) is 8.32. The molecule has 0 aliphatic carbocycles. The second kappa shape index (κ2) is 12.9. The van der Waals surface area contributed by atoms with Gasteiger partial charge in [-0.1, -0.05) is 27.7 Å². The summed E-state index contributed by atoms with van der Waals surface area (Å²) < 4.78 is 37.7. The van der Waals surface area contributed by atoms with Crippen LogP contribution in [0.4, 0.5) is 13.2 Å². The van der Waals surface area contributed by atoms with Crippen LogP contribution in [0.2, 0.25) is 0 Å². The van der Waals surface area contributed by atoms with Crippen LogP contribution < -0.4 is 21.3 Å². The van der Waals surface area contributed by atoms with E-state index >= 15 is 0 Å². The van der Waals surface area contributed by atoms with E-state index in [1.54, 1.807) is 19.2 Å². The fraction of sp³-hybridized carbons (Fsp3) is 0.700. The lowest BCUT2D eigenvalue weighted by Gasteiger charge is -2.28. The molecule has 0 saturated heterocycles. The SMILES string of the molecule is CNC(=O)[C@@H](NC(=O)[C@@H](NC(=O)[C@@H](CC(=O)O)C(=O)N[C@@H](C)C(=O)C(F)(F)F)C(C)C)C(C)C. The van der Waals surface area contributed by atoms with Gasteiger partial charge in [-0.05, 0) is 18.8 Å². The van der Waals surface area contributed by atoms with E-state index < -0.39 is 77.9 Å². The Morgan fingerprint density at radius 2 is 1.15 bits per heavy atom. The zero-order valence-corrected chi connectivity index (χ0v) is 19.7.